The van der Waals surface area contributed by atoms with E-state index < -0.39 is 0 Å². The molecule has 1 atom stereocenters. The zero-order valence-corrected chi connectivity index (χ0v) is 10.2. The molecular formula is C13H15N3O2. The van der Waals surface area contributed by atoms with Crippen molar-refractivity contribution in [1.82, 2.24) is 14.8 Å². The lowest BCUT2D eigenvalue weighted by Gasteiger charge is -2.08. The molecule has 0 bridgehead atoms. The first-order valence-electron chi connectivity index (χ1n) is 6.00. The predicted octanol–water partition coefficient (Wildman–Crippen LogP) is 1.37. The van der Waals surface area contributed by atoms with Crippen LogP contribution < -0.4 is 4.74 Å². The maximum Gasteiger partial charge on any atom is 0.164 e. The summed E-state index contributed by atoms with van der Waals surface area (Å²) in [7, 11) is 1.84. The zero-order valence-electron chi connectivity index (χ0n) is 10.2. The summed E-state index contributed by atoms with van der Waals surface area (Å²) in [6, 6.07) is 5.84. The quantitative estimate of drug-likeness (QED) is 0.887. The first-order chi connectivity index (χ1) is 8.74. The molecule has 0 radical (unpaired) electrons. The standard InChI is InChI=1S/C13H15N3O2/c1-16-13(14-8-15-16)7-18-10-3-4-11-9(6-10)2-5-12(11)17/h3-4,6,8,12,17H,2,5,7H2,1H3/t12-/m0/s1. The van der Waals surface area contributed by atoms with E-state index in [1.54, 1.807) is 4.68 Å². The molecule has 1 aromatic carbocycles. The molecule has 5 nitrogen and oxygen atoms in total. The minimum atomic E-state index is -0.312. The summed E-state index contributed by atoms with van der Waals surface area (Å²) in [6.07, 6.45) is 2.92. The Morgan fingerprint density at radius 2 is 2.39 bits per heavy atom. The molecule has 0 fully saturated rings. The Balaban J connectivity index is 1.73. The molecule has 1 aromatic heterocycles. The van der Waals surface area contributed by atoms with Gasteiger partial charge in [-0.2, -0.15) is 5.10 Å². The Bertz CT molecular complexity index is 565. The molecule has 0 saturated heterocycles. The molecule has 94 valence electrons. The fraction of sp³-hybridized carbons (Fsp3) is 0.385. The molecule has 18 heavy (non-hydrogen) atoms. The van der Waals surface area contributed by atoms with E-state index in [1.165, 1.54) is 11.9 Å². The Kier molecular flexibility index (Phi) is 2.76. The van der Waals surface area contributed by atoms with Crippen molar-refractivity contribution in [3.63, 3.8) is 0 Å². The van der Waals surface area contributed by atoms with E-state index in [0.29, 0.717) is 6.61 Å². The van der Waals surface area contributed by atoms with Crippen molar-refractivity contribution in [3.8, 4) is 5.75 Å². The van der Waals surface area contributed by atoms with Crippen LogP contribution in [0.5, 0.6) is 5.75 Å². The van der Waals surface area contributed by atoms with Crippen LogP contribution >= 0.6 is 0 Å². The minimum Gasteiger partial charge on any atom is -0.486 e. The maximum atomic E-state index is 9.73. The third kappa shape index (κ3) is 1.97. The molecule has 0 amide bonds. The smallest absolute Gasteiger partial charge is 0.164 e. The van der Waals surface area contributed by atoms with Crippen LogP contribution in [-0.4, -0.2) is 19.9 Å². The van der Waals surface area contributed by atoms with E-state index in [2.05, 4.69) is 10.1 Å². The average molecular weight is 245 g/mol. The molecule has 1 heterocycles. The second-order valence-corrected chi connectivity index (χ2v) is 4.50. The van der Waals surface area contributed by atoms with Gasteiger partial charge in [0.05, 0.1) is 6.10 Å². The van der Waals surface area contributed by atoms with Crippen molar-refractivity contribution in [2.75, 3.05) is 0 Å². The van der Waals surface area contributed by atoms with Gasteiger partial charge in [-0.15, -0.1) is 0 Å². The number of rotatable bonds is 3. The molecular weight excluding hydrogens is 230 g/mol. The van der Waals surface area contributed by atoms with Crippen molar-refractivity contribution >= 4 is 0 Å². The van der Waals surface area contributed by atoms with Gasteiger partial charge in [0.1, 0.15) is 18.7 Å². The molecule has 1 aliphatic rings. The Hall–Kier alpha value is -1.88. The molecule has 5 heteroatoms. The van der Waals surface area contributed by atoms with Crippen molar-refractivity contribution in [1.29, 1.82) is 0 Å². The van der Waals surface area contributed by atoms with Gasteiger partial charge in [0, 0.05) is 7.05 Å². The van der Waals surface area contributed by atoms with E-state index >= 15 is 0 Å². The predicted molar refractivity (Wildman–Crippen MR) is 65.1 cm³/mol. The average Bonchev–Trinajstić information content (AvgIpc) is 2.94. The number of aryl methyl sites for hydroxylation is 2. The Morgan fingerprint density at radius 3 is 3.17 bits per heavy atom. The van der Waals surface area contributed by atoms with Gasteiger partial charge in [0.15, 0.2) is 5.82 Å². The summed E-state index contributed by atoms with van der Waals surface area (Å²) < 4.78 is 7.38. The van der Waals surface area contributed by atoms with Crippen LogP contribution in [0.25, 0.3) is 0 Å². The van der Waals surface area contributed by atoms with E-state index in [1.807, 2.05) is 25.2 Å². The summed E-state index contributed by atoms with van der Waals surface area (Å²) in [5, 5.41) is 13.7. The van der Waals surface area contributed by atoms with Gasteiger partial charge in [0.2, 0.25) is 0 Å². The largest absolute Gasteiger partial charge is 0.486 e. The highest BCUT2D eigenvalue weighted by Gasteiger charge is 2.20. The fourth-order valence-corrected chi connectivity index (χ4v) is 2.26. The lowest BCUT2D eigenvalue weighted by molar-refractivity contribution is 0.180. The highest BCUT2D eigenvalue weighted by atomic mass is 16.5. The van der Waals surface area contributed by atoms with E-state index in [0.717, 1.165) is 30.0 Å². The third-order valence-electron chi connectivity index (χ3n) is 3.33. The van der Waals surface area contributed by atoms with Crippen molar-refractivity contribution in [2.45, 2.75) is 25.6 Å². The number of benzene rings is 1. The van der Waals surface area contributed by atoms with Gasteiger partial charge < -0.3 is 9.84 Å². The number of aliphatic hydroxyl groups is 1. The second kappa shape index (κ2) is 4.42. The van der Waals surface area contributed by atoms with E-state index in [9.17, 15) is 5.11 Å². The van der Waals surface area contributed by atoms with Gasteiger partial charge >= 0.3 is 0 Å². The van der Waals surface area contributed by atoms with Gasteiger partial charge in [0.25, 0.3) is 0 Å². The second-order valence-electron chi connectivity index (χ2n) is 4.50. The van der Waals surface area contributed by atoms with Gasteiger partial charge in [-0.05, 0) is 36.1 Å². The maximum absolute atomic E-state index is 9.73. The molecule has 3 rings (SSSR count). The molecule has 0 saturated carbocycles. The lowest BCUT2D eigenvalue weighted by atomic mass is 10.1. The van der Waals surface area contributed by atoms with Gasteiger partial charge in [-0.3, -0.25) is 4.68 Å². The van der Waals surface area contributed by atoms with E-state index in [4.69, 9.17) is 4.74 Å². The molecule has 2 aromatic rings. The Morgan fingerprint density at radius 1 is 1.50 bits per heavy atom. The topological polar surface area (TPSA) is 60.2 Å². The van der Waals surface area contributed by atoms with Crippen molar-refractivity contribution in [3.05, 3.63) is 41.5 Å². The number of ether oxygens (including phenoxy) is 1. The number of aromatic nitrogens is 3. The summed E-state index contributed by atoms with van der Waals surface area (Å²) in [4.78, 5) is 4.10. The van der Waals surface area contributed by atoms with E-state index in [-0.39, 0.29) is 6.10 Å². The van der Waals surface area contributed by atoms with Crippen molar-refractivity contribution in [2.24, 2.45) is 7.05 Å². The summed E-state index contributed by atoms with van der Waals surface area (Å²) in [5.41, 5.74) is 2.21. The molecule has 0 spiro atoms. The lowest BCUT2D eigenvalue weighted by Crippen LogP contribution is -2.04. The normalized spacial score (nSPS) is 17.8. The van der Waals surface area contributed by atoms with Crippen LogP contribution in [0.1, 0.15) is 29.5 Å². The minimum absolute atomic E-state index is 0.312. The molecule has 1 N–H and O–H groups in total. The molecule has 0 unspecified atom stereocenters. The number of aliphatic hydroxyl groups excluding tert-OH is 1. The first-order valence-corrected chi connectivity index (χ1v) is 6.00. The summed E-state index contributed by atoms with van der Waals surface area (Å²) in [5.74, 6) is 1.60. The van der Waals surface area contributed by atoms with Gasteiger partial charge in [-0.25, -0.2) is 4.98 Å². The zero-order chi connectivity index (χ0) is 12.5. The monoisotopic (exact) mass is 245 g/mol. The highest BCUT2D eigenvalue weighted by molar-refractivity contribution is 5.39. The van der Waals surface area contributed by atoms with Crippen LogP contribution in [0, 0.1) is 0 Å². The Labute approximate surface area is 105 Å². The fourth-order valence-electron chi connectivity index (χ4n) is 2.26. The van der Waals surface area contributed by atoms with Crippen LogP contribution in [0.15, 0.2) is 24.5 Å². The summed E-state index contributed by atoms with van der Waals surface area (Å²) in [6.45, 7) is 0.401. The van der Waals surface area contributed by atoms with Crippen molar-refractivity contribution < 1.29 is 9.84 Å². The first kappa shape index (κ1) is 11.2. The highest BCUT2D eigenvalue weighted by Crippen LogP contribution is 2.33. The van der Waals surface area contributed by atoms with Crippen LogP contribution in [0.4, 0.5) is 0 Å². The van der Waals surface area contributed by atoms with Crippen LogP contribution in [-0.2, 0) is 20.1 Å². The number of hydrogen-bond donors (Lipinski definition) is 1. The SMILES string of the molecule is Cn1ncnc1COc1ccc2c(c1)CC[C@@H]2O. The van der Waals surface area contributed by atoms with Crippen LogP contribution in [0.2, 0.25) is 0 Å². The molecule has 0 aliphatic heterocycles. The van der Waals surface area contributed by atoms with Gasteiger partial charge in [-0.1, -0.05) is 6.07 Å². The number of fused-ring (bicyclic) bond motifs is 1. The number of hydrogen-bond acceptors (Lipinski definition) is 4. The van der Waals surface area contributed by atoms with Crippen LogP contribution in [0.3, 0.4) is 0 Å². The number of nitrogens with zero attached hydrogens (tertiary/aromatic N) is 3. The molecule has 1 aliphatic carbocycles. The third-order valence-corrected chi connectivity index (χ3v) is 3.33. The summed E-state index contributed by atoms with van der Waals surface area (Å²) >= 11 is 0.